The fraction of sp³-hybridized carbons (Fsp3) is 0.318. The highest BCUT2D eigenvalue weighted by Crippen LogP contribution is 2.19. The van der Waals surface area contributed by atoms with E-state index in [4.69, 9.17) is 4.74 Å². The number of benzene rings is 2. The number of hydrogen-bond acceptors (Lipinski definition) is 4. The van der Waals surface area contributed by atoms with Crippen molar-refractivity contribution in [2.45, 2.75) is 24.7 Å². The Morgan fingerprint density at radius 2 is 1.61 bits per heavy atom. The van der Waals surface area contributed by atoms with Crippen LogP contribution in [-0.2, 0) is 14.8 Å². The van der Waals surface area contributed by atoms with Crippen molar-refractivity contribution in [3.8, 4) is 0 Å². The Kier molecular flexibility index (Phi) is 6.44. The molecule has 2 aromatic rings. The number of morpholine rings is 1. The molecule has 0 bridgehead atoms. The maximum Gasteiger partial charge on any atom is 0.243 e. The van der Waals surface area contributed by atoms with Crippen LogP contribution < -0.4 is 0 Å². The topological polar surface area (TPSA) is 63.7 Å². The largest absolute Gasteiger partial charge is 0.379 e. The van der Waals surface area contributed by atoms with Crippen molar-refractivity contribution in [1.82, 2.24) is 4.31 Å². The number of carbonyl (C=O) groups is 1. The van der Waals surface area contributed by atoms with E-state index in [-0.39, 0.29) is 10.7 Å². The molecule has 1 aliphatic rings. The van der Waals surface area contributed by atoms with Gasteiger partial charge in [0.2, 0.25) is 10.0 Å². The minimum atomic E-state index is -3.55. The average Bonchev–Trinajstić information content (AvgIpc) is 2.73. The second kappa shape index (κ2) is 8.82. The number of ether oxygens (including phenoxy) is 1. The van der Waals surface area contributed by atoms with Crippen molar-refractivity contribution in [1.29, 1.82) is 0 Å². The highest BCUT2D eigenvalue weighted by Gasteiger charge is 2.26. The molecule has 0 aromatic heterocycles. The van der Waals surface area contributed by atoms with Gasteiger partial charge in [0.1, 0.15) is 0 Å². The van der Waals surface area contributed by atoms with Crippen LogP contribution in [0.1, 0.15) is 41.3 Å². The second-order valence-electron chi connectivity index (χ2n) is 7.06. The monoisotopic (exact) mass is 399 g/mol. The first-order valence-corrected chi connectivity index (χ1v) is 10.8. The molecule has 0 unspecified atom stereocenters. The number of sulfonamides is 1. The predicted molar refractivity (Wildman–Crippen MR) is 110 cm³/mol. The molecule has 148 valence electrons. The maximum absolute atomic E-state index is 12.6. The van der Waals surface area contributed by atoms with Crippen molar-refractivity contribution in [3.63, 3.8) is 0 Å². The van der Waals surface area contributed by atoms with Crippen LogP contribution in [0.5, 0.6) is 0 Å². The molecule has 0 saturated carbocycles. The smallest absolute Gasteiger partial charge is 0.243 e. The molecule has 0 spiro atoms. The van der Waals surface area contributed by atoms with E-state index in [1.807, 2.05) is 12.1 Å². The van der Waals surface area contributed by atoms with Gasteiger partial charge in [0.05, 0.1) is 18.1 Å². The standard InChI is InChI=1S/C22H25NO4S/c1-17(2)19-6-3-18(4-7-19)5-12-22(24)20-8-10-21(11-9-20)28(25,26)23-13-15-27-16-14-23/h3-12,17H,13-16H2,1-2H3/b12-5+. The van der Waals surface area contributed by atoms with Crippen molar-refractivity contribution < 1.29 is 17.9 Å². The van der Waals surface area contributed by atoms with E-state index in [1.165, 1.54) is 28.1 Å². The number of rotatable bonds is 6. The maximum atomic E-state index is 12.6. The zero-order chi connectivity index (χ0) is 20.1. The summed E-state index contributed by atoms with van der Waals surface area (Å²) in [6, 6.07) is 14.2. The van der Waals surface area contributed by atoms with Gasteiger partial charge < -0.3 is 4.74 Å². The lowest BCUT2D eigenvalue weighted by Crippen LogP contribution is -2.40. The minimum absolute atomic E-state index is 0.164. The molecule has 0 radical (unpaired) electrons. The van der Waals surface area contributed by atoms with Crippen LogP contribution >= 0.6 is 0 Å². The van der Waals surface area contributed by atoms with Crippen LogP contribution in [0, 0.1) is 0 Å². The summed E-state index contributed by atoms with van der Waals surface area (Å²) in [4.78, 5) is 12.6. The lowest BCUT2D eigenvalue weighted by Gasteiger charge is -2.26. The Morgan fingerprint density at radius 1 is 1.00 bits per heavy atom. The van der Waals surface area contributed by atoms with Crippen LogP contribution in [0.4, 0.5) is 0 Å². The van der Waals surface area contributed by atoms with Gasteiger partial charge in [-0.15, -0.1) is 0 Å². The van der Waals surface area contributed by atoms with Crippen LogP contribution in [0.3, 0.4) is 0 Å². The van der Waals surface area contributed by atoms with E-state index < -0.39 is 10.0 Å². The molecule has 1 heterocycles. The van der Waals surface area contributed by atoms with E-state index in [1.54, 1.807) is 18.2 Å². The summed E-state index contributed by atoms with van der Waals surface area (Å²) in [5, 5.41) is 0. The van der Waals surface area contributed by atoms with E-state index in [2.05, 4.69) is 26.0 Å². The lowest BCUT2D eigenvalue weighted by molar-refractivity contribution is 0.0730. The summed E-state index contributed by atoms with van der Waals surface area (Å²) in [5.74, 6) is 0.301. The Hall–Kier alpha value is -2.28. The molecule has 0 aliphatic carbocycles. The molecule has 28 heavy (non-hydrogen) atoms. The molecule has 0 amide bonds. The molecule has 1 saturated heterocycles. The first-order chi connectivity index (χ1) is 13.4. The Bertz CT molecular complexity index is 939. The quantitative estimate of drug-likeness (QED) is 0.548. The van der Waals surface area contributed by atoms with Crippen molar-refractivity contribution in [2.24, 2.45) is 0 Å². The van der Waals surface area contributed by atoms with Gasteiger partial charge in [0.15, 0.2) is 5.78 Å². The third-order valence-electron chi connectivity index (χ3n) is 4.78. The summed E-state index contributed by atoms with van der Waals surface area (Å²) < 4.78 is 31.9. The molecular formula is C22H25NO4S. The summed E-state index contributed by atoms with van der Waals surface area (Å²) in [7, 11) is -3.55. The molecule has 1 fully saturated rings. The number of allylic oxidation sites excluding steroid dienone is 1. The Morgan fingerprint density at radius 3 is 2.18 bits per heavy atom. The summed E-state index contributed by atoms with van der Waals surface area (Å²) in [6.07, 6.45) is 3.28. The fourth-order valence-corrected chi connectivity index (χ4v) is 4.40. The normalized spacial score (nSPS) is 16.0. The molecule has 1 aliphatic heterocycles. The van der Waals surface area contributed by atoms with Gasteiger partial charge in [-0.25, -0.2) is 8.42 Å². The van der Waals surface area contributed by atoms with Gasteiger partial charge in [0.25, 0.3) is 0 Å². The van der Waals surface area contributed by atoms with Crippen LogP contribution in [-0.4, -0.2) is 44.8 Å². The molecule has 3 rings (SSSR count). The molecular weight excluding hydrogens is 374 g/mol. The highest BCUT2D eigenvalue weighted by molar-refractivity contribution is 7.89. The molecule has 5 nitrogen and oxygen atoms in total. The molecule has 6 heteroatoms. The first kappa shape index (κ1) is 20.5. The third-order valence-corrected chi connectivity index (χ3v) is 6.69. The molecule has 0 atom stereocenters. The highest BCUT2D eigenvalue weighted by atomic mass is 32.2. The van der Waals surface area contributed by atoms with E-state index in [0.29, 0.717) is 37.8 Å². The van der Waals surface area contributed by atoms with Crippen molar-refractivity contribution in [3.05, 3.63) is 71.3 Å². The van der Waals surface area contributed by atoms with E-state index in [9.17, 15) is 13.2 Å². The van der Waals surface area contributed by atoms with E-state index in [0.717, 1.165) is 5.56 Å². The van der Waals surface area contributed by atoms with E-state index >= 15 is 0 Å². The molecule has 0 N–H and O–H groups in total. The third kappa shape index (κ3) is 4.76. The lowest BCUT2D eigenvalue weighted by atomic mass is 10.0. The van der Waals surface area contributed by atoms with Gasteiger partial charge in [-0.05, 0) is 47.4 Å². The summed E-state index contributed by atoms with van der Waals surface area (Å²) in [6.45, 7) is 5.77. The first-order valence-electron chi connectivity index (χ1n) is 9.38. The number of ketones is 1. The SMILES string of the molecule is CC(C)c1ccc(/C=C/C(=O)c2ccc(S(=O)(=O)N3CCOCC3)cc2)cc1. The predicted octanol–water partition coefficient (Wildman–Crippen LogP) is 3.73. The zero-order valence-corrected chi connectivity index (χ0v) is 17.0. The van der Waals surface area contributed by atoms with Crippen LogP contribution in [0.2, 0.25) is 0 Å². The average molecular weight is 400 g/mol. The molecule has 2 aromatic carbocycles. The van der Waals surface area contributed by atoms with Gasteiger partial charge in [0, 0.05) is 18.7 Å². The Balaban J connectivity index is 1.69. The summed E-state index contributed by atoms with van der Waals surface area (Å²) in [5.41, 5.74) is 2.65. The van der Waals surface area contributed by atoms with Gasteiger partial charge in [-0.2, -0.15) is 4.31 Å². The van der Waals surface area contributed by atoms with Crippen molar-refractivity contribution >= 4 is 21.9 Å². The van der Waals surface area contributed by atoms with Crippen LogP contribution in [0.15, 0.2) is 59.5 Å². The summed E-state index contributed by atoms with van der Waals surface area (Å²) >= 11 is 0. The minimum Gasteiger partial charge on any atom is -0.379 e. The van der Waals surface area contributed by atoms with Gasteiger partial charge >= 0.3 is 0 Å². The zero-order valence-electron chi connectivity index (χ0n) is 16.2. The van der Waals surface area contributed by atoms with Gasteiger partial charge in [-0.3, -0.25) is 4.79 Å². The van der Waals surface area contributed by atoms with Crippen molar-refractivity contribution in [2.75, 3.05) is 26.3 Å². The number of hydrogen-bond donors (Lipinski definition) is 0. The fourth-order valence-electron chi connectivity index (χ4n) is 2.99. The Labute approximate surface area is 166 Å². The second-order valence-corrected chi connectivity index (χ2v) is 9.00. The van der Waals surface area contributed by atoms with Crippen LogP contribution in [0.25, 0.3) is 6.08 Å². The number of carbonyl (C=O) groups excluding carboxylic acids is 1. The van der Waals surface area contributed by atoms with Gasteiger partial charge in [-0.1, -0.05) is 44.2 Å². The number of nitrogens with zero attached hydrogens (tertiary/aromatic N) is 1.